The normalized spacial score (nSPS) is 12.5. The van der Waals surface area contributed by atoms with Gasteiger partial charge in [-0.3, -0.25) is 4.90 Å². The van der Waals surface area contributed by atoms with Crippen LogP contribution in [-0.4, -0.2) is 28.5 Å². The molecule has 2 aromatic carbocycles. The molecule has 1 N–H and O–H groups in total. The van der Waals surface area contributed by atoms with E-state index in [1.54, 1.807) is 0 Å². The second kappa shape index (κ2) is 8.83. The lowest BCUT2D eigenvalue weighted by Gasteiger charge is -2.25. The molecule has 0 fully saturated rings. The Morgan fingerprint density at radius 3 is 1.76 bits per heavy atom. The summed E-state index contributed by atoms with van der Waals surface area (Å²) >= 11 is 6.31. The Labute approximate surface area is 132 Å². The molecule has 0 radical (unpaired) electrons. The van der Waals surface area contributed by atoms with Gasteiger partial charge in [0.1, 0.15) is 0 Å². The van der Waals surface area contributed by atoms with E-state index in [1.165, 1.54) is 11.1 Å². The first-order valence-electron chi connectivity index (χ1n) is 7.33. The van der Waals surface area contributed by atoms with E-state index in [1.807, 2.05) is 12.1 Å². The van der Waals surface area contributed by atoms with Gasteiger partial charge in [0.15, 0.2) is 0 Å². The predicted molar refractivity (Wildman–Crippen MR) is 88.3 cm³/mol. The number of nitrogens with zero attached hydrogens (tertiary/aromatic N) is 1. The molecule has 1 atom stereocenters. The largest absolute Gasteiger partial charge is 0.396 e. The molecule has 2 rings (SSSR count). The number of hydrogen-bond donors (Lipinski definition) is 1. The summed E-state index contributed by atoms with van der Waals surface area (Å²) in [5, 5.41) is 9.00. The highest BCUT2D eigenvalue weighted by Gasteiger charge is 2.12. The second-order valence-electron chi connectivity index (χ2n) is 5.25. The molecule has 0 heterocycles. The molecule has 0 aliphatic heterocycles. The minimum atomic E-state index is -0.0255. The molecule has 0 saturated carbocycles. The Balaban J connectivity index is 2.02. The first kappa shape index (κ1) is 16.0. The maximum atomic E-state index is 9.03. The SMILES string of the molecule is OCC[C@@H](Cl)CN(Cc1ccccc1)Cc1ccccc1. The van der Waals surface area contributed by atoms with Crippen LogP contribution in [0.5, 0.6) is 0 Å². The number of rotatable bonds is 8. The van der Waals surface area contributed by atoms with E-state index >= 15 is 0 Å². The average Bonchev–Trinajstić information content (AvgIpc) is 2.49. The van der Waals surface area contributed by atoms with E-state index in [-0.39, 0.29) is 12.0 Å². The predicted octanol–water partition coefficient (Wildman–Crippen LogP) is 3.68. The summed E-state index contributed by atoms with van der Waals surface area (Å²) in [4.78, 5) is 2.33. The van der Waals surface area contributed by atoms with E-state index in [2.05, 4.69) is 53.4 Å². The van der Waals surface area contributed by atoms with Gasteiger partial charge in [-0.1, -0.05) is 60.7 Å². The van der Waals surface area contributed by atoms with E-state index in [9.17, 15) is 0 Å². The highest BCUT2D eigenvalue weighted by atomic mass is 35.5. The van der Waals surface area contributed by atoms with Gasteiger partial charge >= 0.3 is 0 Å². The van der Waals surface area contributed by atoms with Crippen LogP contribution in [0.3, 0.4) is 0 Å². The fraction of sp³-hybridized carbons (Fsp3) is 0.333. The molecule has 3 heteroatoms. The summed E-state index contributed by atoms with van der Waals surface area (Å²) < 4.78 is 0. The standard InChI is InChI=1S/C18H22ClNO/c19-18(11-12-21)15-20(13-16-7-3-1-4-8-16)14-17-9-5-2-6-10-17/h1-10,18,21H,11-15H2/t18-/m1/s1. The van der Waals surface area contributed by atoms with Crippen molar-refractivity contribution < 1.29 is 5.11 Å². The van der Waals surface area contributed by atoms with Gasteiger partial charge in [-0.15, -0.1) is 11.6 Å². The van der Waals surface area contributed by atoms with Gasteiger partial charge in [0, 0.05) is 31.6 Å². The zero-order chi connectivity index (χ0) is 14.9. The van der Waals surface area contributed by atoms with Crippen LogP contribution in [0.4, 0.5) is 0 Å². The molecule has 112 valence electrons. The van der Waals surface area contributed by atoms with Gasteiger partial charge in [-0.05, 0) is 17.5 Å². The van der Waals surface area contributed by atoms with Crippen molar-refractivity contribution in [3.8, 4) is 0 Å². The molecule has 0 unspecified atom stereocenters. The van der Waals surface area contributed by atoms with Gasteiger partial charge in [0.25, 0.3) is 0 Å². The zero-order valence-electron chi connectivity index (χ0n) is 12.2. The third kappa shape index (κ3) is 5.88. The highest BCUT2D eigenvalue weighted by Crippen LogP contribution is 2.13. The monoisotopic (exact) mass is 303 g/mol. The van der Waals surface area contributed by atoms with Crippen molar-refractivity contribution in [2.24, 2.45) is 0 Å². The molecule has 0 aliphatic rings. The third-order valence-corrected chi connectivity index (χ3v) is 3.75. The Morgan fingerprint density at radius 2 is 1.33 bits per heavy atom. The van der Waals surface area contributed by atoms with Gasteiger partial charge in [0.05, 0.1) is 0 Å². The summed E-state index contributed by atoms with van der Waals surface area (Å²) in [6.45, 7) is 2.64. The van der Waals surface area contributed by atoms with Crippen LogP contribution < -0.4 is 0 Å². The number of hydrogen-bond acceptors (Lipinski definition) is 2. The topological polar surface area (TPSA) is 23.5 Å². The van der Waals surface area contributed by atoms with E-state index in [4.69, 9.17) is 16.7 Å². The van der Waals surface area contributed by atoms with Gasteiger partial charge in [0.2, 0.25) is 0 Å². The Kier molecular flexibility index (Phi) is 6.74. The number of aliphatic hydroxyl groups excluding tert-OH is 1. The molecule has 2 aromatic rings. The van der Waals surface area contributed by atoms with Crippen LogP contribution >= 0.6 is 11.6 Å². The van der Waals surface area contributed by atoms with Crippen molar-refractivity contribution in [2.75, 3.05) is 13.2 Å². The smallest absolute Gasteiger partial charge is 0.0485 e. The lowest BCUT2D eigenvalue weighted by molar-refractivity contribution is 0.233. The number of halogens is 1. The summed E-state index contributed by atoms with van der Waals surface area (Å²) in [6, 6.07) is 20.8. The van der Waals surface area contributed by atoms with Gasteiger partial charge < -0.3 is 5.11 Å². The molecule has 0 saturated heterocycles. The van der Waals surface area contributed by atoms with Crippen LogP contribution in [0.25, 0.3) is 0 Å². The molecular weight excluding hydrogens is 282 g/mol. The summed E-state index contributed by atoms with van der Waals surface area (Å²) in [6.07, 6.45) is 0.627. The first-order chi connectivity index (χ1) is 10.3. The lowest BCUT2D eigenvalue weighted by Crippen LogP contribution is -2.29. The number of benzene rings is 2. The van der Waals surface area contributed by atoms with Crippen LogP contribution in [-0.2, 0) is 13.1 Å². The highest BCUT2D eigenvalue weighted by molar-refractivity contribution is 6.20. The third-order valence-electron chi connectivity index (χ3n) is 3.40. The van der Waals surface area contributed by atoms with Crippen molar-refractivity contribution in [1.29, 1.82) is 0 Å². The Bertz CT molecular complexity index is 462. The van der Waals surface area contributed by atoms with Crippen LogP contribution in [0.1, 0.15) is 17.5 Å². The van der Waals surface area contributed by atoms with Crippen LogP contribution in [0, 0.1) is 0 Å². The Hall–Kier alpha value is -1.35. The molecule has 0 spiro atoms. The second-order valence-corrected chi connectivity index (χ2v) is 5.87. The van der Waals surface area contributed by atoms with Gasteiger partial charge in [-0.2, -0.15) is 0 Å². The molecule has 0 bridgehead atoms. The summed E-state index contributed by atoms with van der Waals surface area (Å²) in [5.41, 5.74) is 2.56. The van der Waals surface area contributed by atoms with Crippen LogP contribution in [0.15, 0.2) is 60.7 Å². The van der Waals surface area contributed by atoms with Crippen LogP contribution in [0.2, 0.25) is 0 Å². The van der Waals surface area contributed by atoms with E-state index in [0.717, 1.165) is 19.6 Å². The minimum Gasteiger partial charge on any atom is -0.396 e. The Morgan fingerprint density at radius 1 is 0.857 bits per heavy atom. The molecule has 0 aromatic heterocycles. The first-order valence-corrected chi connectivity index (χ1v) is 7.76. The average molecular weight is 304 g/mol. The van der Waals surface area contributed by atoms with Crippen molar-refractivity contribution in [2.45, 2.75) is 24.9 Å². The van der Waals surface area contributed by atoms with E-state index < -0.39 is 0 Å². The van der Waals surface area contributed by atoms with Crippen molar-refractivity contribution in [3.63, 3.8) is 0 Å². The fourth-order valence-corrected chi connectivity index (χ4v) is 2.67. The van der Waals surface area contributed by atoms with Crippen molar-refractivity contribution in [3.05, 3.63) is 71.8 Å². The summed E-state index contributed by atoms with van der Waals surface area (Å²) in [7, 11) is 0. The maximum absolute atomic E-state index is 9.03. The molecule has 2 nitrogen and oxygen atoms in total. The molecular formula is C18H22ClNO. The number of aliphatic hydroxyl groups is 1. The zero-order valence-corrected chi connectivity index (χ0v) is 12.9. The fourth-order valence-electron chi connectivity index (χ4n) is 2.38. The van der Waals surface area contributed by atoms with Crippen molar-refractivity contribution in [1.82, 2.24) is 4.90 Å². The van der Waals surface area contributed by atoms with Crippen molar-refractivity contribution >= 4 is 11.6 Å². The molecule has 21 heavy (non-hydrogen) atoms. The lowest BCUT2D eigenvalue weighted by atomic mass is 10.1. The quantitative estimate of drug-likeness (QED) is 0.752. The molecule has 0 aliphatic carbocycles. The summed E-state index contributed by atoms with van der Waals surface area (Å²) in [5.74, 6) is 0. The minimum absolute atomic E-state index is 0.0255. The maximum Gasteiger partial charge on any atom is 0.0485 e. The van der Waals surface area contributed by atoms with Gasteiger partial charge in [-0.25, -0.2) is 0 Å². The van der Waals surface area contributed by atoms with E-state index in [0.29, 0.717) is 6.42 Å². The molecule has 0 amide bonds. The number of alkyl halides is 1.